The standard InChI is InChI=1S/C21H21FN4OS/c22-17-5-3-15(4-6-17)19-14-28-20(25-19)13-24-18-7-10-26(11-8-18)21(27)16-2-1-9-23-12-16/h1-6,9,12,14,18,24H,7-8,10-11,13H2. The number of carbonyl (C=O) groups excluding carboxylic acids is 1. The zero-order valence-corrected chi connectivity index (χ0v) is 16.2. The van der Waals surface area contributed by atoms with Gasteiger partial charge in [0.15, 0.2) is 0 Å². The molecule has 28 heavy (non-hydrogen) atoms. The average molecular weight is 396 g/mol. The van der Waals surface area contributed by atoms with Crippen LogP contribution in [0.2, 0.25) is 0 Å². The number of nitrogens with one attached hydrogen (secondary N) is 1. The van der Waals surface area contributed by atoms with Crippen LogP contribution in [0.4, 0.5) is 4.39 Å². The topological polar surface area (TPSA) is 58.1 Å². The molecule has 0 saturated carbocycles. The van der Waals surface area contributed by atoms with Crippen molar-refractivity contribution in [3.8, 4) is 11.3 Å². The van der Waals surface area contributed by atoms with E-state index in [4.69, 9.17) is 0 Å². The van der Waals surface area contributed by atoms with Crippen LogP contribution < -0.4 is 5.32 Å². The van der Waals surface area contributed by atoms with Crippen molar-refractivity contribution in [2.24, 2.45) is 0 Å². The maximum Gasteiger partial charge on any atom is 0.255 e. The van der Waals surface area contributed by atoms with Gasteiger partial charge < -0.3 is 10.2 Å². The molecule has 4 rings (SSSR count). The molecule has 3 heterocycles. The molecule has 1 N–H and O–H groups in total. The van der Waals surface area contributed by atoms with Gasteiger partial charge in [-0.1, -0.05) is 0 Å². The fourth-order valence-electron chi connectivity index (χ4n) is 3.34. The van der Waals surface area contributed by atoms with Crippen molar-refractivity contribution in [2.45, 2.75) is 25.4 Å². The summed E-state index contributed by atoms with van der Waals surface area (Å²) in [6.45, 7) is 2.18. The predicted molar refractivity (Wildman–Crippen MR) is 108 cm³/mol. The van der Waals surface area contributed by atoms with E-state index in [-0.39, 0.29) is 11.7 Å². The lowest BCUT2D eigenvalue weighted by Crippen LogP contribution is -2.44. The molecule has 144 valence electrons. The number of rotatable bonds is 5. The molecule has 5 nitrogen and oxygen atoms in total. The molecule has 3 aromatic rings. The number of thiazole rings is 1. The van der Waals surface area contributed by atoms with Gasteiger partial charge >= 0.3 is 0 Å². The first-order chi connectivity index (χ1) is 13.7. The average Bonchev–Trinajstić information content (AvgIpc) is 3.22. The molecule has 0 unspecified atom stereocenters. The first-order valence-electron chi connectivity index (χ1n) is 9.32. The first kappa shape index (κ1) is 18.7. The molecule has 0 radical (unpaired) electrons. The summed E-state index contributed by atoms with van der Waals surface area (Å²) in [5, 5.41) is 6.56. The first-order valence-corrected chi connectivity index (χ1v) is 10.2. The Kier molecular flexibility index (Phi) is 5.73. The Bertz CT molecular complexity index is 921. The normalized spacial score (nSPS) is 15.0. The highest BCUT2D eigenvalue weighted by molar-refractivity contribution is 7.09. The van der Waals surface area contributed by atoms with Crippen molar-refractivity contribution < 1.29 is 9.18 Å². The number of nitrogens with zero attached hydrogens (tertiary/aromatic N) is 3. The SMILES string of the molecule is O=C(c1cccnc1)N1CCC(NCc2nc(-c3ccc(F)cc3)cs2)CC1. The number of aromatic nitrogens is 2. The minimum Gasteiger partial charge on any atom is -0.338 e. The molecule has 0 atom stereocenters. The Morgan fingerprint density at radius 1 is 1.21 bits per heavy atom. The summed E-state index contributed by atoms with van der Waals surface area (Å²) >= 11 is 1.60. The molecule has 1 saturated heterocycles. The number of amides is 1. The molecule has 1 aliphatic rings. The van der Waals surface area contributed by atoms with Crippen LogP contribution >= 0.6 is 11.3 Å². The quantitative estimate of drug-likeness (QED) is 0.714. The van der Waals surface area contributed by atoms with Gasteiger partial charge in [-0.15, -0.1) is 11.3 Å². The molecular formula is C21H21FN4OS. The third-order valence-electron chi connectivity index (χ3n) is 4.92. The predicted octanol–water partition coefficient (Wildman–Crippen LogP) is 3.74. The van der Waals surface area contributed by atoms with Gasteiger partial charge in [0.2, 0.25) is 0 Å². The van der Waals surface area contributed by atoms with Crippen molar-refractivity contribution in [2.75, 3.05) is 13.1 Å². The van der Waals surface area contributed by atoms with E-state index >= 15 is 0 Å². The minimum atomic E-state index is -0.241. The van der Waals surface area contributed by atoms with Crippen LogP contribution in [0.1, 0.15) is 28.2 Å². The fraction of sp³-hybridized carbons (Fsp3) is 0.286. The van der Waals surface area contributed by atoms with Gasteiger partial charge in [-0.2, -0.15) is 0 Å². The Morgan fingerprint density at radius 3 is 2.71 bits per heavy atom. The molecule has 1 amide bonds. The highest BCUT2D eigenvalue weighted by Gasteiger charge is 2.23. The summed E-state index contributed by atoms with van der Waals surface area (Å²) in [7, 11) is 0. The van der Waals surface area contributed by atoms with Crippen molar-refractivity contribution >= 4 is 17.2 Å². The monoisotopic (exact) mass is 396 g/mol. The van der Waals surface area contributed by atoms with Crippen molar-refractivity contribution in [1.82, 2.24) is 20.2 Å². The molecule has 1 aromatic carbocycles. The van der Waals surface area contributed by atoms with Gasteiger partial charge in [-0.05, 0) is 49.2 Å². The molecule has 0 aliphatic carbocycles. The summed E-state index contributed by atoms with van der Waals surface area (Å²) in [5.74, 6) is -0.190. The van der Waals surface area contributed by atoms with Crippen LogP contribution in [0.15, 0.2) is 54.2 Å². The molecule has 1 fully saturated rings. The molecule has 2 aromatic heterocycles. The van der Waals surface area contributed by atoms with E-state index in [0.717, 1.165) is 42.2 Å². The van der Waals surface area contributed by atoms with Gasteiger partial charge in [0.25, 0.3) is 5.91 Å². The van der Waals surface area contributed by atoms with Gasteiger partial charge in [0, 0.05) is 49.0 Å². The molecular weight excluding hydrogens is 375 g/mol. The maximum absolute atomic E-state index is 13.1. The van der Waals surface area contributed by atoms with E-state index in [0.29, 0.717) is 18.2 Å². The third kappa shape index (κ3) is 4.43. The Balaban J connectivity index is 1.27. The van der Waals surface area contributed by atoms with Crippen molar-refractivity contribution in [3.63, 3.8) is 0 Å². The zero-order chi connectivity index (χ0) is 19.3. The number of pyridine rings is 1. The Labute approximate surface area is 167 Å². The van der Waals surface area contributed by atoms with E-state index in [1.165, 1.54) is 12.1 Å². The number of benzene rings is 1. The van der Waals surface area contributed by atoms with Gasteiger partial charge in [-0.3, -0.25) is 9.78 Å². The van der Waals surface area contributed by atoms with Crippen LogP contribution in [0.3, 0.4) is 0 Å². The smallest absolute Gasteiger partial charge is 0.255 e. The van der Waals surface area contributed by atoms with E-state index in [9.17, 15) is 9.18 Å². The van der Waals surface area contributed by atoms with Crippen LogP contribution in [0.25, 0.3) is 11.3 Å². The molecule has 7 heteroatoms. The van der Waals surface area contributed by atoms with Crippen LogP contribution in [-0.2, 0) is 6.54 Å². The summed E-state index contributed by atoms with van der Waals surface area (Å²) in [4.78, 5) is 23.0. The third-order valence-corrected chi connectivity index (χ3v) is 5.77. The maximum atomic E-state index is 13.1. The Morgan fingerprint density at radius 2 is 2.00 bits per heavy atom. The summed E-state index contributed by atoms with van der Waals surface area (Å²) in [5.41, 5.74) is 2.44. The van der Waals surface area contributed by atoms with Crippen LogP contribution in [0.5, 0.6) is 0 Å². The van der Waals surface area contributed by atoms with Crippen LogP contribution in [0, 0.1) is 5.82 Å². The lowest BCUT2D eigenvalue weighted by atomic mass is 10.0. The van der Waals surface area contributed by atoms with Crippen LogP contribution in [-0.4, -0.2) is 39.9 Å². The molecule has 1 aliphatic heterocycles. The fourth-order valence-corrected chi connectivity index (χ4v) is 4.09. The largest absolute Gasteiger partial charge is 0.338 e. The number of halogens is 1. The summed E-state index contributed by atoms with van der Waals surface area (Å²) in [6, 6.07) is 10.4. The number of hydrogen-bond acceptors (Lipinski definition) is 5. The Hall–Kier alpha value is -2.64. The highest BCUT2D eigenvalue weighted by Crippen LogP contribution is 2.22. The van der Waals surface area contributed by atoms with E-state index in [1.807, 2.05) is 10.3 Å². The molecule has 0 spiro atoms. The highest BCUT2D eigenvalue weighted by atomic mass is 32.1. The van der Waals surface area contributed by atoms with Gasteiger partial charge in [0.05, 0.1) is 11.3 Å². The van der Waals surface area contributed by atoms with E-state index in [1.54, 1.807) is 48.0 Å². The number of hydrogen-bond donors (Lipinski definition) is 1. The number of carbonyl (C=O) groups is 1. The zero-order valence-electron chi connectivity index (χ0n) is 15.3. The van der Waals surface area contributed by atoms with E-state index < -0.39 is 0 Å². The van der Waals surface area contributed by atoms with Gasteiger partial charge in [-0.25, -0.2) is 9.37 Å². The summed E-state index contributed by atoms with van der Waals surface area (Å²) < 4.78 is 13.1. The lowest BCUT2D eigenvalue weighted by Gasteiger charge is -2.32. The second kappa shape index (κ2) is 8.58. The second-order valence-electron chi connectivity index (χ2n) is 6.82. The lowest BCUT2D eigenvalue weighted by molar-refractivity contribution is 0.0704. The number of piperidine rings is 1. The van der Waals surface area contributed by atoms with Crippen molar-refractivity contribution in [3.05, 3.63) is 70.6 Å². The number of likely N-dealkylation sites (tertiary alicyclic amines) is 1. The molecule has 0 bridgehead atoms. The second-order valence-corrected chi connectivity index (χ2v) is 7.77. The summed E-state index contributed by atoms with van der Waals surface area (Å²) in [6.07, 6.45) is 5.13. The van der Waals surface area contributed by atoms with Gasteiger partial charge in [0.1, 0.15) is 10.8 Å². The van der Waals surface area contributed by atoms with E-state index in [2.05, 4.69) is 15.3 Å². The minimum absolute atomic E-state index is 0.0513. The van der Waals surface area contributed by atoms with Crippen molar-refractivity contribution in [1.29, 1.82) is 0 Å².